The highest BCUT2D eigenvalue weighted by atomic mass is 35.5. The summed E-state index contributed by atoms with van der Waals surface area (Å²) in [4.78, 5) is 31.4. The van der Waals surface area contributed by atoms with Gasteiger partial charge in [-0.2, -0.15) is 0 Å². The summed E-state index contributed by atoms with van der Waals surface area (Å²) >= 11 is 6.08. The SMILES string of the molecule is CN(C)CCNc1ccc(NCCN2CCCC2CCl)c2c1C(=O)c1c(O)ccc(O)c1C2=O.Cl. The molecule has 4 N–H and O–H groups in total. The largest absolute Gasteiger partial charge is 0.507 e. The van der Waals surface area contributed by atoms with Crippen molar-refractivity contribution < 1.29 is 19.8 Å². The third-order valence-corrected chi connectivity index (χ3v) is 6.90. The van der Waals surface area contributed by atoms with Gasteiger partial charge < -0.3 is 25.7 Å². The number of hydrogen-bond acceptors (Lipinski definition) is 8. The molecule has 1 aliphatic carbocycles. The maximum atomic E-state index is 13.6. The zero-order valence-corrected chi connectivity index (χ0v) is 21.5. The number of halogens is 2. The number of nitrogens with zero attached hydrogens (tertiary/aromatic N) is 2. The van der Waals surface area contributed by atoms with E-state index in [4.69, 9.17) is 11.6 Å². The number of likely N-dealkylation sites (tertiary alicyclic amines) is 1. The standard InChI is InChI=1S/C25H31ClN4O4.ClH/c1-29(2)12-9-27-16-5-6-17(28-10-13-30-11-3-4-15(30)14-26)21-20(16)24(33)22-18(31)7-8-19(32)23(22)25(21)34;/h5-8,15,27-28,31-32H,3-4,9-14H2,1-2H3;1H. The van der Waals surface area contributed by atoms with E-state index in [1.54, 1.807) is 12.1 Å². The van der Waals surface area contributed by atoms with E-state index in [0.717, 1.165) is 32.5 Å². The van der Waals surface area contributed by atoms with Gasteiger partial charge in [0.1, 0.15) is 11.5 Å². The van der Waals surface area contributed by atoms with Crippen LogP contribution in [0, 0.1) is 0 Å². The third-order valence-electron chi connectivity index (χ3n) is 6.54. The van der Waals surface area contributed by atoms with Crippen LogP contribution in [0.1, 0.15) is 44.7 Å². The lowest BCUT2D eigenvalue weighted by Gasteiger charge is -2.26. The van der Waals surface area contributed by atoms with E-state index in [9.17, 15) is 19.8 Å². The summed E-state index contributed by atoms with van der Waals surface area (Å²) in [6, 6.07) is 6.39. The Morgan fingerprint density at radius 1 is 0.943 bits per heavy atom. The van der Waals surface area contributed by atoms with E-state index in [0.29, 0.717) is 36.4 Å². The molecule has 0 radical (unpaired) electrons. The summed E-state index contributed by atoms with van der Waals surface area (Å²) in [5.41, 5.74) is 1.16. The smallest absolute Gasteiger partial charge is 0.200 e. The minimum atomic E-state index is -0.490. The van der Waals surface area contributed by atoms with E-state index >= 15 is 0 Å². The van der Waals surface area contributed by atoms with Gasteiger partial charge >= 0.3 is 0 Å². The summed E-state index contributed by atoms with van der Waals surface area (Å²) in [5.74, 6) is -1.03. The highest BCUT2D eigenvalue weighted by Crippen LogP contribution is 2.42. The maximum absolute atomic E-state index is 13.6. The monoisotopic (exact) mass is 522 g/mol. The molecule has 0 saturated carbocycles. The molecule has 0 aromatic heterocycles. The van der Waals surface area contributed by atoms with E-state index < -0.39 is 11.6 Å². The van der Waals surface area contributed by atoms with Crippen molar-refractivity contribution in [2.24, 2.45) is 0 Å². The highest BCUT2D eigenvalue weighted by Gasteiger charge is 2.38. The number of rotatable bonds is 9. The predicted molar refractivity (Wildman–Crippen MR) is 141 cm³/mol. The van der Waals surface area contributed by atoms with E-state index in [1.807, 2.05) is 19.0 Å². The van der Waals surface area contributed by atoms with Gasteiger partial charge in [0, 0.05) is 49.5 Å². The van der Waals surface area contributed by atoms with Gasteiger partial charge in [-0.1, -0.05) is 0 Å². The van der Waals surface area contributed by atoms with Crippen LogP contribution in [0.2, 0.25) is 0 Å². The van der Waals surface area contributed by atoms with Crippen molar-refractivity contribution in [2.45, 2.75) is 18.9 Å². The zero-order valence-electron chi connectivity index (χ0n) is 19.9. The Bertz CT molecular complexity index is 1110. The Morgan fingerprint density at radius 3 is 2.00 bits per heavy atom. The first-order chi connectivity index (χ1) is 16.3. The second-order valence-corrected chi connectivity index (χ2v) is 9.37. The van der Waals surface area contributed by atoms with Gasteiger partial charge in [-0.25, -0.2) is 0 Å². The molecule has 1 aliphatic heterocycles. The molecule has 1 atom stereocenters. The fourth-order valence-electron chi connectivity index (χ4n) is 4.77. The Morgan fingerprint density at radius 2 is 1.49 bits per heavy atom. The molecule has 0 amide bonds. The molecule has 0 spiro atoms. The second-order valence-electron chi connectivity index (χ2n) is 9.07. The second kappa shape index (κ2) is 11.5. The predicted octanol–water partition coefficient (Wildman–Crippen LogP) is 3.38. The van der Waals surface area contributed by atoms with Crippen LogP contribution in [0.4, 0.5) is 11.4 Å². The lowest BCUT2D eigenvalue weighted by molar-refractivity contribution is 0.0975. The molecule has 1 unspecified atom stereocenters. The summed E-state index contributed by atoms with van der Waals surface area (Å²) < 4.78 is 0. The number of alkyl halides is 1. The molecule has 1 heterocycles. The Hall–Kier alpha value is -2.52. The fourth-order valence-corrected chi connectivity index (χ4v) is 5.12. The summed E-state index contributed by atoms with van der Waals surface area (Å²) in [6.07, 6.45) is 2.20. The number of anilines is 2. The molecule has 2 aromatic rings. The van der Waals surface area contributed by atoms with E-state index in [-0.39, 0.29) is 46.2 Å². The summed E-state index contributed by atoms with van der Waals surface area (Å²) in [7, 11) is 3.90. The normalized spacial score (nSPS) is 17.2. The van der Waals surface area contributed by atoms with Crippen molar-refractivity contribution in [1.29, 1.82) is 0 Å². The molecular formula is C25H32Cl2N4O4. The van der Waals surface area contributed by atoms with Crippen LogP contribution in [0.25, 0.3) is 0 Å². The van der Waals surface area contributed by atoms with Crippen molar-refractivity contribution in [3.05, 3.63) is 46.5 Å². The summed E-state index contributed by atoms with van der Waals surface area (Å²) in [5, 5.41) is 27.3. The average Bonchev–Trinajstić information content (AvgIpc) is 3.26. The van der Waals surface area contributed by atoms with Gasteiger partial charge in [0.2, 0.25) is 11.6 Å². The number of fused-ring (bicyclic) bond motifs is 2. The van der Waals surface area contributed by atoms with E-state index in [2.05, 4.69) is 15.5 Å². The van der Waals surface area contributed by atoms with Gasteiger partial charge in [-0.05, 0) is 57.7 Å². The Kier molecular flexibility index (Phi) is 8.88. The Labute approximate surface area is 216 Å². The molecule has 1 fully saturated rings. The number of likely N-dealkylation sites (N-methyl/N-ethyl adjacent to an activating group) is 1. The van der Waals surface area contributed by atoms with Crippen molar-refractivity contribution in [3.63, 3.8) is 0 Å². The molecule has 8 nitrogen and oxygen atoms in total. The van der Waals surface area contributed by atoms with Crippen LogP contribution in [-0.4, -0.2) is 90.3 Å². The van der Waals surface area contributed by atoms with Crippen molar-refractivity contribution in [1.82, 2.24) is 9.80 Å². The van der Waals surface area contributed by atoms with Crippen molar-refractivity contribution in [2.75, 3.05) is 63.3 Å². The zero-order chi connectivity index (χ0) is 24.4. The molecular weight excluding hydrogens is 491 g/mol. The number of hydrogen-bond donors (Lipinski definition) is 4. The quantitative estimate of drug-likeness (QED) is 0.250. The number of phenolic OH excluding ortho intramolecular Hbond substituents is 2. The van der Waals surface area contributed by atoms with Crippen molar-refractivity contribution in [3.8, 4) is 11.5 Å². The number of carbonyl (C=O) groups is 2. The van der Waals surface area contributed by atoms with Gasteiger partial charge in [0.15, 0.2) is 0 Å². The van der Waals surface area contributed by atoms with E-state index in [1.165, 1.54) is 12.1 Å². The van der Waals surface area contributed by atoms with Crippen LogP contribution in [0.15, 0.2) is 24.3 Å². The molecule has 10 heteroatoms. The lowest BCUT2D eigenvalue weighted by Crippen LogP contribution is -2.35. The van der Waals surface area contributed by atoms with Crippen LogP contribution >= 0.6 is 24.0 Å². The highest BCUT2D eigenvalue weighted by molar-refractivity contribution is 6.33. The molecule has 1 saturated heterocycles. The molecule has 190 valence electrons. The van der Waals surface area contributed by atoms with Crippen LogP contribution < -0.4 is 10.6 Å². The maximum Gasteiger partial charge on any atom is 0.200 e. The first-order valence-corrected chi connectivity index (χ1v) is 12.1. The van der Waals surface area contributed by atoms with Crippen molar-refractivity contribution >= 4 is 46.9 Å². The molecule has 35 heavy (non-hydrogen) atoms. The molecule has 0 bridgehead atoms. The number of phenols is 2. The molecule has 2 aliphatic rings. The van der Waals surface area contributed by atoms with Gasteiger partial charge in [0.25, 0.3) is 0 Å². The third kappa shape index (κ3) is 5.35. The number of aromatic hydroxyl groups is 2. The number of ketones is 2. The van der Waals surface area contributed by atoms with Crippen LogP contribution in [-0.2, 0) is 0 Å². The van der Waals surface area contributed by atoms with Gasteiger partial charge in [-0.15, -0.1) is 24.0 Å². The number of nitrogens with one attached hydrogen (secondary N) is 2. The first kappa shape index (κ1) is 27.1. The van der Waals surface area contributed by atoms with Crippen LogP contribution in [0.3, 0.4) is 0 Å². The minimum absolute atomic E-state index is 0. The Balaban J connectivity index is 0.00000342. The number of carbonyl (C=O) groups excluding carboxylic acids is 2. The topological polar surface area (TPSA) is 105 Å². The first-order valence-electron chi connectivity index (χ1n) is 11.6. The molecule has 2 aromatic carbocycles. The average molecular weight is 523 g/mol. The molecule has 4 rings (SSSR count). The number of benzene rings is 2. The fraction of sp³-hybridized carbons (Fsp3) is 0.440. The van der Waals surface area contributed by atoms with Gasteiger partial charge in [-0.3, -0.25) is 14.5 Å². The lowest BCUT2D eigenvalue weighted by atomic mass is 9.81. The summed E-state index contributed by atoms with van der Waals surface area (Å²) in [6.45, 7) is 3.63. The minimum Gasteiger partial charge on any atom is -0.507 e. The van der Waals surface area contributed by atoms with Gasteiger partial charge in [0.05, 0.1) is 22.3 Å². The van der Waals surface area contributed by atoms with Crippen LogP contribution in [0.5, 0.6) is 11.5 Å².